The molecule has 1 aliphatic rings. The summed E-state index contributed by atoms with van der Waals surface area (Å²) in [4.78, 5) is 6.62. The predicted molar refractivity (Wildman–Crippen MR) is 113 cm³/mol. The molecule has 5 nitrogen and oxygen atoms in total. The molecule has 0 bridgehead atoms. The Balaban J connectivity index is 1.51. The highest BCUT2D eigenvalue weighted by molar-refractivity contribution is 5.79. The highest BCUT2D eigenvalue weighted by Gasteiger charge is 2.19. The summed E-state index contributed by atoms with van der Waals surface area (Å²) in [6, 6.07) is 18.7. The summed E-state index contributed by atoms with van der Waals surface area (Å²) in [5.74, 6) is 1.49. The van der Waals surface area contributed by atoms with Crippen molar-refractivity contribution < 1.29 is 9.47 Å². The van der Waals surface area contributed by atoms with Crippen LogP contribution in [-0.2, 0) is 29.2 Å². The van der Waals surface area contributed by atoms with Gasteiger partial charge in [-0.05, 0) is 23.1 Å². The van der Waals surface area contributed by atoms with Crippen molar-refractivity contribution >= 4 is 5.96 Å². The summed E-state index contributed by atoms with van der Waals surface area (Å²) in [7, 11) is 3.92. The summed E-state index contributed by atoms with van der Waals surface area (Å²) in [5.41, 5.74) is 3.62. The lowest BCUT2D eigenvalue weighted by molar-refractivity contribution is 0.106. The fourth-order valence-electron chi connectivity index (χ4n) is 3.48. The molecular weight excluding hydrogens is 350 g/mol. The summed E-state index contributed by atoms with van der Waals surface area (Å²) in [5, 5.41) is 3.49. The predicted octanol–water partition coefficient (Wildman–Crippen LogP) is 3.45. The van der Waals surface area contributed by atoms with Gasteiger partial charge >= 0.3 is 0 Å². The maximum atomic E-state index is 5.93. The van der Waals surface area contributed by atoms with Gasteiger partial charge in [-0.2, -0.15) is 0 Å². The number of rotatable bonds is 8. The zero-order chi connectivity index (χ0) is 19.6. The number of nitrogens with zero attached hydrogens (tertiary/aromatic N) is 2. The molecule has 0 aliphatic carbocycles. The largest absolute Gasteiger partial charge is 0.381 e. The van der Waals surface area contributed by atoms with E-state index in [0.29, 0.717) is 19.1 Å². The SMILES string of the molecule is CN=C(NCc1ccccc1COCc1ccccc1)N(C)CC1CCOC1. The second kappa shape index (κ2) is 10.8. The van der Waals surface area contributed by atoms with Gasteiger partial charge in [-0.3, -0.25) is 4.99 Å². The number of ether oxygens (including phenoxy) is 2. The molecule has 1 aliphatic heterocycles. The van der Waals surface area contributed by atoms with Crippen LogP contribution in [0, 0.1) is 5.92 Å². The molecule has 2 aromatic rings. The second-order valence-corrected chi connectivity index (χ2v) is 7.26. The quantitative estimate of drug-likeness (QED) is 0.562. The first kappa shape index (κ1) is 20.4. The Bertz CT molecular complexity index is 743. The summed E-state index contributed by atoms with van der Waals surface area (Å²) in [6.07, 6.45) is 1.13. The van der Waals surface area contributed by atoms with Crippen molar-refractivity contribution in [2.45, 2.75) is 26.2 Å². The van der Waals surface area contributed by atoms with Crippen molar-refractivity contribution in [2.75, 3.05) is 33.9 Å². The molecule has 0 spiro atoms. The lowest BCUT2D eigenvalue weighted by atomic mass is 10.1. The van der Waals surface area contributed by atoms with E-state index in [-0.39, 0.29) is 0 Å². The second-order valence-electron chi connectivity index (χ2n) is 7.26. The van der Waals surface area contributed by atoms with Gasteiger partial charge in [-0.25, -0.2) is 0 Å². The summed E-state index contributed by atoms with van der Waals surface area (Å²) < 4.78 is 11.4. The monoisotopic (exact) mass is 381 g/mol. The molecular formula is C23H31N3O2. The van der Waals surface area contributed by atoms with Crippen LogP contribution in [0.1, 0.15) is 23.1 Å². The molecule has 1 heterocycles. The molecule has 1 N–H and O–H groups in total. The van der Waals surface area contributed by atoms with Gasteiger partial charge in [-0.15, -0.1) is 0 Å². The molecule has 3 rings (SSSR count). The van der Waals surface area contributed by atoms with Crippen LogP contribution in [0.4, 0.5) is 0 Å². The zero-order valence-corrected chi connectivity index (χ0v) is 16.9. The standard InChI is InChI=1S/C23H31N3O2/c1-24-23(26(2)15-20-12-13-27-17-20)25-14-21-10-6-7-11-22(21)18-28-16-19-8-4-3-5-9-19/h3-11,20H,12-18H2,1-2H3,(H,24,25). The van der Waals surface area contributed by atoms with E-state index in [1.165, 1.54) is 16.7 Å². The van der Waals surface area contributed by atoms with Crippen LogP contribution >= 0.6 is 0 Å². The number of aliphatic imine (C=N–C) groups is 1. The fraction of sp³-hybridized carbons (Fsp3) is 0.435. The maximum absolute atomic E-state index is 5.93. The number of hydrogen-bond donors (Lipinski definition) is 1. The minimum Gasteiger partial charge on any atom is -0.381 e. The molecule has 0 radical (unpaired) electrons. The van der Waals surface area contributed by atoms with E-state index >= 15 is 0 Å². The zero-order valence-electron chi connectivity index (χ0n) is 16.9. The fourth-order valence-corrected chi connectivity index (χ4v) is 3.48. The lowest BCUT2D eigenvalue weighted by Gasteiger charge is -2.25. The van der Waals surface area contributed by atoms with E-state index in [4.69, 9.17) is 9.47 Å². The Hall–Kier alpha value is -2.37. The minimum absolute atomic E-state index is 0.585. The van der Waals surface area contributed by atoms with Crippen LogP contribution in [0.15, 0.2) is 59.6 Å². The third-order valence-electron chi connectivity index (χ3n) is 5.05. The molecule has 28 heavy (non-hydrogen) atoms. The molecule has 0 amide bonds. The summed E-state index contributed by atoms with van der Waals surface area (Å²) in [6.45, 7) is 4.63. The van der Waals surface area contributed by atoms with Crippen LogP contribution < -0.4 is 5.32 Å². The summed E-state index contributed by atoms with van der Waals surface area (Å²) >= 11 is 0. The van der Waals surface area contributed by atoms with Crippen LogP contribution in [0.5, 0.6) is 0 Å². The number of hydrogen-bond acceptors (Lipinski definition) is 3. The molecule has 1 saturated heterocycles. The van der Waals surface area contributed by atoms with Crippen molar-refractivity contribution in [1.29, 1.82) is 0 Å². The van der Waals surface area contributed by atoms with Crippen LogP contribution in [0.25, 0.3) is 0 Å². The minimum atomic E-state index is 0.585. The maximum Gasteiger partial charge on any atom is 0.193 e. The van der Waals surface area contributed by atoms with E-state index in [2.05, 4.69) is 58.7 Å². The van der Waals surface area contributed by atoms with Crippen LogP contribution in [-0.4, -0.2) is 44.7 Å². The average molecular weight is 382 g/mol. The molecule has 2 aromatic carbocycles. The average Bonchev–Trinajstić information content (AvgIpc) is 3.23. The molecule has 1 fully saturated rings. The molecule has 1 atom stereocenters. The van der Waals surface area contributed by atoms with Gasteiger partial charge in [0.15, 0.2) is 5.96 Å². The van der Waals surface area contributed by atoms with Crippen molar-refractivity contribution in [3.05, 3.63) is 71.3 Å². The molecule has 1 unspecified atom stereocenters. The number of guanidine groups is 1. The Morgan fingerprint density at radius 2 is 1.86 bits per heavy atom. The van der Waals surface area contributed by atoms with Crippen LogP contribution in [0.2, 0.25) is 0 Å². The van der Waals surface area contributed by atoms with Crippen molar-refractivity contribution in [3.63, 3.8) is 0 Å². The Labute approximate surface area is 168 Å². The Kier molecular flexibility index (Phi) is 7.88. The highest BCUT2D eigenvalue weighted by Crippen LogP contribution is 2.14. The van der Waals surface area contributed by atoms with Gasteiger partial charge in [0.2, 0.25) is 0 Å². The number of benzene rings is 2. The first-order valence-corrected chi connectivity index (χ1v) is 9.94. The van der Waals surface area contributed by atoms with E-state index in [1.807, 2.05) is 25.2 Å². The Morgan fingerprint density at radius 1 is 1.11 bits per heavy atom. The first-order valence-electron chi connectivity index (χ1n) is 9.94. The van der Waals surface area contributed by atoms with E-state index in [9.17, 15) is 0 Å². The van der Waals surface area contributed by atoms with Crippen molar-refractivity contribution in [2.24, 2.45) is 10.9 Å². The molecule has 150 valence electrons. The van der Waals surface area contributed by atoms with Crippen molar-refractivity contribution in [3.8, 4) is 0 Å². The van der Waals surface area contributed by atoms with E-state index < -0.39 is 0 Å². The van der Waals surface area contributed by atoms with Gasteiger partial charge in [-0.1, -0.05) is 54.6 Å². The number of nitrogens with one attached hydrogen (secondary N) is 1. The van der Waals surface area contributed by atoms with Crippen molar-refractivity contribution in [1.82, 2.24) is 10.2 Å². The third-order valence-corrected chi connectivity index (χ3v) is 5.05. The lowest BCUT2D eigenvalue weighted by Crippen LogP contribution is -2.41. The van der Waals surface area contributed by atoms with Gasteiger partial charge in [0.05, 0.1) is 19.8 Å². The van der Waals surface area contributed by atoms with E-state index in [1.54, 1.807) is 0 Å². The topological polar surface area (TPSA) is 46.1 Å². The first-order chi connectivity index (χ1) is 13.8. The highest BCUT2D eigenvalue weighted by atomic mass is 16.5. The molecule has 0 saturated carbocycles. The molecule has 5 heteroatoms. The van der Waals surface area contributed by atoms with Gasteiger partial charge in [0.1, 0.15) is 0 Å². The van der Waals surface area contributed by atoms with Crippen LogP contribution in [0.3, 0.4) is 0 Å². The Morgan fingerprint density at radius 3 is 2.57 bits per heavy atom. The van der Waals surface area contributed by atoms with E-state index in [0.717, 1.165) is 38.7 Å². The normalized spacial score (nSPS) is 16.9. The van der Waals surface area contributed by atoms with Gasteiger partial charge in [0, 0.05) is 39.7 Å². The smallest absolute Gasteiger partial charge is 0.193 e. The third kappa shape index (κ3) is 6.08. The van der Waals surface area contributed by atoms with Gasteiger partial charge < -0.3 is 19.7 Å². The van der Waals surface area contributed by atoms with Gasteiger partial charge in [0.25, 0.3) is 0 Å². The molecule has 0 aromatic heterocycles.